The number of hydrogen-bond acceptors (Lipinski definition) is 4. The number of aromatic nitrogens is 1. The lowest BCUT2D eigenvalue weighted by Crippen LogP contribution is -2.32. The van der Waals surface area contributed by atoms with Crippen LogP contribution in [0.1, 0.15) is 36.1 Å². The number of aliphatic imine (C=N–C) groups is 1. The highest BCUT2D eigenvalue weighted by molar-refractivity contribution is 8.13. The van der Waals surface area contributed by atoms with E-state index in [9.17, 15) is 0 Å². The van der Waals surface area contributed by atoms with Gasteiger partial charge < -0.3 is 9.64 Å². The molecule has 1 aromatic heterocycles. The van der Waals surface area contributed by atoms with Crippen molar-refractivity contribution in [3.05, 3.63) is 64.7 Å². The van der Waals surface area contributed by atoms with Crippen molar-refractivity contribution >= 4 is 27.8 Å². The molecule has 0 radical (unpaired) electrons. The molecule has 0 spiro atoms. The Bertz CT molecular complexity index is 1110. The lowest BCUT2D eigenvalue weighted by Gasteiger charge is -2.31. The summed E-state index contributed by atoms with van der Waals surface area (Å²) in [5, 5.41) is 3.32. The lowest BCUT2D eigenvalue weighted by molar-refractivity contribution is 0.374. The van der Waals surface area contributed by atoms with E-state index in [1.165, 1.54) is 27.6 Å². The SMILES string of the molecule is COc1ccccc1CN1Cc2cc3cc(C)c(C)cc3nc2SC1=NCC(C)C. The van der Waals surface area contributed by atoms with Crippen LogP contribution in [-0.4, -0.2) is 28.7 Å². The third-order valence-corrected chi connectivity index (χ3v) is 6.55. The zero-order valence-electron chi connectivity index (χ0n) is 18.4. The van der Waals surface area contributed by atoms with E-state index in [1.807, 2.05) is 12.1 Å². The first-order valence-electron chi connectivity index (χ1n) is 10.4. The first-order chi connectivity index (χ1) is 14.4. The third kappa shape index (κ3) is 4.31. The molecule has 0 saturated heterocycles. The Balaban J connectivity index is 1.73. The maximum absolute atomic E-state index is 5.59. The summed E-state index contributed by atoms with van der Waals surface area (Å²) >= 11 is 1.69. The Kier molecular flexibility index (Phi) is 6.00. The minimum absolute atomic E-state index is 0.516. The molecule has 4 nitrogen and oxygen atoms in total. The minimum Gasteiger partial charge on any atom is -0.496 e. The fourth-order valence-electron chi connectivity index (χ4n) is 3.65. The van der Waals surface area contributed by atoms with Crippen molar-refractivity contribution < 1.29 is 4.74 Å². The van der Waals surface area contributed by atoms with E-state index in [-0.39, 0.29) is 0 Å². The molecule has 0 unspecified atom stereocenters. The molecule has 4 rings (SSSR count). The highest BCUT2D eigenvalue weighted by Crippen LogP contribution is 2.35. The van der Waals surface area contributed by atoms with E-state index < -0.39 is 0 Å². The fraction of sp³-hybridized carbons (Fsp3) is 0.360. The van der Waals surface area contributed by atoms with Gasteiger partial charge in [0.15, 0.2) is 5.17 Å². The average molecular weight is 420 g/mol. The third-order valence-electron chi connectivity index (χ3n) is 5.43. The molecular formula is C25H29N3OS. The van der Waals surface area contributed by atoms with Crippen LogP contribution >= 0.6 is 11.8 Å². The number of hydrogen-bond donors (Lipinski definition) is 0. The van der Waals surface area contributed by atoms with E-state index in [1.54, 1.807) is 18.9 Å². The summed E-state index contributed by atoms with van der Waals surface area (Å²) in [5.41, 5.74) is 6.07. The molecule has 156 valence electrons. The van der Waals surface area contributed by atoms with Gasteiger partial charge in [-0.05, 0) is 66.9 Å². The first-order valence-corrected chi connectivity index (χ1v) is 11.3. The lowest BCUT2D eigenvalue weighted by atomic mass is 10.0. The maximum Gasteiger partial charge on any atom is 0.166 e. The molecule has 3 aromatic rings. The van der Waals surface area contributed by atoms with Crippen molar-refractivity contribution in [1.29, 1.82) is 0 Å². The molecule has 2 aromatic carbocycles. The van der Waals surface area contributed by atoms with Gasteiger partial charge >= 0.3 is 0 Å². The Hall–Kier alpha value is -2.53. The van der Waals surface area contributed by atoms with E-state index in [4.69, 9.17) is 14.7 Å². The molecule has 30 heavy (non-hydrogen) atoms. The predicted molar refractivity (Wildman–Crippen MR) is 126 cm³/mol. The van der Waals surface area contributed by atoms with Crippen LogP contribution in [0.2, 0.25) is 0 Å². The number of nitrogens with zero attached hydrogens (tertiary/aromatic N) is 3. The van der Waals surface area contributed by atoms with Gasteiger partial charge in [0.2, 0.25) is 0 Å². The van der Waals surface area contributed by atoms with Gasteiger partial charge in [0.05, 0.1) is 12.6 Å². The number of aryl methyl sites for hydroxylation is 2. The van der Waals surface area contributed by atoms with Crippen LogP contribution in [0.5, 0.6) is 5.75 Å². The highest BCUT2D eigenvalue weighted by Gasteiger charge is 2.25. The Morgan fingerprint density at radius 2 is 1.90 bits per heavy atom. The molecule has 0 saturated carbocycles. The largest absolute Gasteiger partial charge is 0.496 e. The molecule has 1 aliphatic heterocycles. The number of pyridine rings is 1. The number of para-hydroxylation sites is 1. The van der Waals surface area contributed by atoms with Crippen LogP contribution in [-0.2, 0) is 13.1 Å². The molecular weight excluding hydrogens is 390 g/mol. The Morgan fingerprint density at radius 1 is 1.13 bits per heavy atom. The number of amidine groups is 1. The van der Waals surface area contributed by atoms with Gasteiger partial charge in [-0.1, -0.05) is 32.0 Å². The monoisotopic (exact) mass is 419 g/mol. The van der Waals surface area contributed by atoms with Crippen LogP contribution < -0.4 is 4.74 Å². The number of ether oxygens (including phenoxy) is 1. The number of fused-ring (bicyclic) bond motifs is 2. The average Bonchev–Trinajstić information content (AvgIpc) is 2.72. The van der Waals surface area contributed by atoms with Gasteiger partial charge in [-0.15, -0.1) is 0 Å². The summed E-state index contributed by atoms with van der Waals surface area (Å²) in [6, 6.07) is 15.0. The fourth-order valence-corrected chi connectivity index (χ4v) is 4.62. The van der Waals surface area contributed by atoms with Crippen molar-refractivity contribution in [1.82, 2.24) is 9.88 Å². The van der Waals surface area contributed by atoms with Crippen molar-refractivity contribution in [2.45, 2.75) is 45.8 Å². The second-order valence-corrected chi connectivity index (χ2v) is 9.32. The van der Waals surface area contributed by atoms with Crippen molar-refractivity contribution in [3.8, 4) is 5.75 Å². The molecule has 0 bridgehead atoms. The highest BCUT2D eigenvalue weighted by atomic mass is 32.2. The van der Waals surface area contributed by atoms with Crippen LogP contribution in [0.15, 0.2) is 52.5 Å². The molecule has 1 aliphatic rings. The second-order valence-electron chi connectivity index (χ2n) is 8.37. The Morgan fingerprint density at radius 3 is 2.67 bits per heavy atom. The minimum atomic E-state index is 0.516. The summed E-state index contributed by atoms with van der Waals surface area (Å²) in [4.78, 5) is 12.3. The number of rotatable bonds is 5. The smallest absolute Gasteiger partial charge is 0.166 e. The molecule has 0 atom stereocenters. The molecule has 2 heterocycles. The van der Waals surface area contributed by atoms with Gasteiger partial charge in [-0.3, -0.25) is 4.99 Å². The van der Waals surface area contributed by atoms with E-state index in [0.717, 1.165) is 41.1 Å². The van der Waals surface area contributed by atoms with Gasteiger partial charge in [-0.25, -0.2) is 4.98 Å². The predicted octanol–water partition coefficient (Wildman–Crippen LogP) is 5.98. The summed E-state index contributed by atoms with van der Waals surface area (Å²) in [6.45, 7) is 11.1. The van der Waals surface area contributed by atoms with Crippen LogP contribution in [0, 0.1) is 19.8 Å². The quantitative estimate of drug-likeness (QED) is 0.510. The van der Waals surface area contributed by atoms with Crippen molar-refractivity contribution in [3.63, 3.8) is 0 Å². The zero-order chi connectivity index (χ0) is 21.3. The summed E-state index contributed by atoms with van der Waals surface area (Å²) in [6.07, 6.45) is 0. The van der Waals surface area contributed by atoms with Gasteiger partial charge in [0.1, 0.15) is 10.8 Å². The van der Waals surface area contributed by atoms with Crippen LogP contribution in [0.4, 0.5) is 0 Å². The summed E-state index contributed by atoms with van der Waals surface area (Å²) in [5.74, 6) is 1.43. The number of benzene rings is 2. The van der Waals surface area contributed by atoms with Crippen molar-refractivity contribution in [2.24, 2.45) is 10.9 Å². The van der Waals surface area contributed by atoms with Gasteiger partial charge in [0.25, 0.3) is 0 Å². The molecule has 0 aliphatic carbocycles. The zero-order valence-corrected chi connectivity index (χ0v) is 19.2. The molecule has 0 fully saturated rings. The van der Waals surface area contributed by atoms with E-state index in [2.05, 4.69) is 62.9 Å². The number of methoxy groups -OCH3 is 1. The molecule has 0 amide bonds. The van der Waals surface area contributed by atoms with E-state index >= 15 is 0 Å². The second kappa shape index (κ2) is 8.68. The van der Waals surface area contributed by atoms with Crippen LogP contribution in [0.25, 0.3) is 10.9 Å². The van der Waals surface area contributed by atoms with E-state index in [0.29, 0.717) is 5.92 Å². The topological polar surface area (TPSA) is 37.7 Å². The Labute approximate surface area is 183 Å². The first kappa shape index (κ1) is 20.7. The van der Waals surface area contributed by atoms with Gasteiger partial charge in [-0.2, -0.15) is 0 Å². The maximum atomic E-state index is 5.59. The standard InChI is InChI=1S/C25H29N3OS/c1-16(2)13-26-25-28(14-19-8-6-7-9-23(19)29-5)15-21-12-20-10-17(3)18(4)11-22(20)27-24(21)30-25/h6-12,16H,13-15H2,1-5H3. The van der Waals surface area contributed by atoms with Crippen LogP contribution in [0.3, 0.4) is 0 Å². The number of thioether (sulfide) groups is 1. The summed E-state index contributed by atoms with van der Waals surface area (Å²) in [7, 11) is 1.73. The van der Waals surface area contributed by atoms with Gasteiger partial charge in [0, 0.05) is 36.1 Å². The molecule has 0 N–H and O–H groups in total. The summed E-state index contributed by atoms with van der Waals surface area (Å²) < 4.78 is 5.59. The normalized spacial score (nSPS) is 15.1. The molecule has 5 heteroatoms. The van der Waals surface area contributed by atoms with Crippen molar-refractivity contribution in [2.75, 3.05) is 13.7 Å².